The average Bonchev–Trinajstić information content (AvgIpc) is 3.27. The Morgan fingerprint density at radius 2 is 2.17 bits per heavy atom. The molecule has 0 unspecified atom stereocenters. The van der Waals surface area contributed by atoms with Gasteiger partial charge in [0.15, 0.2) is 17.0 Å². The molecule has 0 aliphatic heterocycles. The Morgan fingerprint density at radius 3 is 2.87 bits per heavy atom. The highest BCUT2D eigenvalue weighted by atomic mass is 79.9. The second-order valence-electron chi connectivity index (χ2n) is 5.37. The number of ether oxygens (including phenoxy) is 1. The van der Waals surface area contributed by atoms with Crippen LogP contribution in [0, 0.1) is 0 Å². The van der Waals surface area contributed by atoms with E-state index in [1.54, 1.807) is 7.11 Å². The summed E-state index contributed by atoms with van der Waals surface area (Å²) >= 11 is 9.56. The second-order valence-corrected chi connectivity index (χ2v) is 6.56. The van der Waals surface area contributed by atoms with E-state index in [4.69, 9.17) is 16.3 Å². The number of nitrogens with zero attached hydrogens (tertiary/aromatic N) is 4. The fourth-order valence-corrected chi connectivity index (χ4v) is 3.18. The summed E-state index contributed by atoms with van der Waals surface area (Å²) in [5, 5.41) is 3.46. The molecule has 1 aromatic carbocycles. The van der Waals surface area contributed by atoms with Crippen LogP contribution in [0.5, 0.6) is 5.75 Å². The van der Waals surface area contributed by atoms with Gasteiger partial charge in [-0.05, 0) is 58.6 Å². The molecule has 2 heterocycles. The number of imidazole rings is 1. The largest absolute Gasteiger partial charge is 0.496 e. The summed E-state index contributed by atoms with van der Waals surface area (Å²) in [7, 11) is 1.63. The van der Waals surface area contributed by atoms with E-state index in [9.17, 15) is 0 Å². The molecule has 23 heavy (non-hydrogen) atoms. The summed E-state index contributed by atoms with van der Waals surface area (Å²) in [5.74, 6) is 1.36. The Hall–Kier alpha value is -1.86. The molecule has 8 heteroatoms. The second kappa shape index (κ2) is 5.65. The van der Waals surface area contributed by atoms with Crippen molar-refractivity contribution in [2.24, 2.45) is 0 Å². The van der Waals surface area contributed by atoms with Gasteiger partial charge in [0.1, 0.15) is 5.75 Å². The minimum absolute atomic E-state index is 0.204. The SMILES string of the molecule is COc1ccc(Nc2nc(Cl)nc3c2ncn3C2CC2)cc1Br. The predicted molar refractivity (Wildman–Crippen MR) is 92.6 cm³/mol. The highest BCUT2D eigenvalue weighted by Crippen LogP contribution is 2.38. The fourth-order valence-electron chi connectivity index (χ4n) is 2.48. The van der Waals surface area contributed by atoms with Crippen LogP contribution in [-0.2, 0) is 0 Å². The number of hydrogen-bond donors (Lipinski definition) is 1. The molecule has 0 atom stereocenters. The van der Waals surface area contributed by atoms with Gasteiger partial charge in [0.05, 0.1) is 17.9 Å². The Bertz CT molecular complexity index is 893. The van der Waals surface area contributed by atoms with E-state index >= 15 is 0 Å². The summed E-state index contributed by atoms with van der Waals surface area (Å²) in [4.78, 5) is 13.1. The lowest BCUT2D eigenvalue weighted by molar-refractivity contribution is 0.412. The standard InChI is InChI=1S/C15H13BrClN5O/c1-23-11-5-2-8(6-10(11)16)19-13-12-14(21-15(17)20-13)22(7-18-12)9-3-4-9/h2,5-7,9H,3-4H2,1H3,(H,19,20,21). The molecule has 1 saturated carbocycles. The molecular formula is C15H13BrClN5O. The zero-order valence-corrected chi connectivity index (χ0v) is 14.6. The van der Waals surface area contributed by atoms with Gasteiger partial charge in [-0.1, -0.05) is 0 Å². The molecular weight excluding hydrogens is 382 g/mol. The first kappa shape index (κ1) is 14.7. The third-order valence-corrected chi connectivity index (χ3v) is 4.54. The van der Waals surface area contributed by atoms with Gasteiger partial charge in [0, 0.05) is 11.7 Å². The van der Waals surface area contributed by atoms with Crippen LogP contribution < -0.4 is 10.1 Å². The first-order valence-electron chi connectivity index (χ1n) is 7.16. The van der Waals surface area contributed by atoms with Crippen molar-refractivity contribution >= 4 is 50.2 Å². The summed E-state index contributed by atoms with van der Waals surface area (Å²) in [5.41, 5.74) is 2.34. The Balaban J connectivity index is 1.75. The van der Waals surface area contributed by atoms with Gasteiger partial charge in [-0.3, -0.25) is 0 Å². The molecule has 1 N–H and O–H groups in total. The summed E-state index contributed by atoms with van der Waals surface area (Å²) in [6, 6.07) is 6.17. The first-order chi connectivity index (χ1) is 11.2. The molecule has 1 aliphatic carbocycles. The topological polar surface area (TPSA) is 64.9 Å². The Kier molecular flexibility index (Phi) is 3.61. The lowest BCUT2D eigenvalue weighted by atomic mass is 10.3. The molecule has 4 rings (SSSR count). The molecule has 0 bridgehead atoms. The number of anilines is 2. The minimum atomic E-state index is 0.204. The molecule has 1 fully saturated rings. The molecule has 0 radical (unpaired) electrons. The van der Waals surface area contributed by atoms with Crippen LogP contribution >= 0.6 is 27.5 Å². The lowest BCUT2D eigenvalue weighted by Gasteiger charge is -2.09. The monoisotopic (exact) mass is 393 g/mol. The van der Waals surface area contributed by atoms with Crippen molar-refractivity contribution in [3.8, 4) is 5.75 Å². The third-order valence-electron chi connectivity index (χ3n) is 3.75. The van der Waals surface area contributed by atoms with E-state index in [0.29, 0.717) is 17.4 Å². The molecule has 1 aliphatic rings. The van der Waals surface area contributed by atoms with Crippen molar-refractivity contribution in [3.05, 3.63) is 34.3 Å². The smallest absolute Gasteiger partial charge is 0.226 e. The average molecular weight is 395 g/mol. The molecule has 2 aromatic heterocycles. The fraction of sp³-hybridized carbons (Fsp3) is 0.267. The Morgan fingerprint density at radius 1 is 1.35 bits per heavy atom. The number of halogens is 2. The number of rotatable bonds is 4. The van der Waals surface area contributed by atoms with Crippen LogP contribution in [-0.4, -0.2) is 26.6 Å². The zero-order chi connectivity index (χ0) is 16.0. The number of hydrogen-bond acceptors (Lipinski definition) is 5. The molecule has 0 spiro atoms. The number of fused-ring (bicyclic) bond motifs is 1. The molecule has 0 saturated heterocycles. The number of aromatic nitrogens is 4. The van der Waals surface area contributed by atoms with Crippen LogP contribution in [0.2, 0.25) is 5.28 Å². The summed E-state index contributed by atoms with van der Waals surface area (Å²) in [6.45, 7) is 0. The van der Waals surface area contributed by atoms with Crippen molar-refractivity contribution < 1.29 is 4.74 Å². The highest BCUT2D eigenvalue weighted by molar-refractivity contribution is 9.10. The van der Waals surface area contributed by atoms with Crippen LogP contribution in [0.25, 0.3) is 11.2 Å². The van der Waals surface area contributed by atoms with E-state index in [2.05, 4.69) is 40.8 Å². The van der Waals surface area contributed by atoms with Gasteiger partial charge in [0.2, 0.25) is 5.28 Å². The lowest BCUT2D eigenvalue weighted by Crippen LogP contribution is -2.00. The Labute approximate surface area is 146 Å². The minimum Gasteiger partial charge on any atom is -0.496 e. The number of methoxy groups -OCH3 is 1. The van der Waals surface area contributed by atoms with Crippen molar-refractivity contribution in [1.82, 2.24) is 19.5 Å². The maximum atomic E-state index is 6.09. The van der Waals surface area contributed by atoms with E-state index in [1.807, 2.05) is 24.5 Å². The van der Waals surface area contributed by atoms with Crippen LogP contribution in [0.3, 0.4) is 0 Å². The van der Waals surface area contributed by atoms with Gasteiger partial charge in [-0.15, -0.1) is 0 Å². The van der Waals surface area contributed by atoms with E-state index < -0.39 is 0 Å². The van der Waals surface area contributed by atoms with Crippen molar-refractivity contribution in [3.63, 3.8) is 0 Å². The molecule has 0 amide bonds. The maximum Gasteiger partial charge on any atom is 0.226 e. The van der Waals surface area contributed by atoms with Gasteiger partial charge in [0.25, 0.3) is 0 Å². The molecule has 118 valence electrons. The van der Waals surface area contributed by atoms with Gasteiger partial charge < -0.3 is 14.6 Å². The predicted octanol–water partition coefficient (Wildman–Crippen LogP) is 4.33. The quantitative estimate of drug-likeness (QED) is 0.667. The zero-order valence-electron chi connectivity index (χ0n) is 12.3. The maximum absolute atomic E-state index is 6.09. The molecule has 3 aromatic rings. The number of nitrogens with one attached hydrogen (secondary N) is 1. The number of benzene rings is 1. The van der Waals surface area contributed by atoms with Gasteiger partial charge in [-0.2, -0.15) is 9.97 Å². The third kappa shape index (κ3) is 2.74. The summed E-state index contributed by atoms with van der Waals surface area (Å²) in [6.07, 6.45) is 4.12. The normalized spacial score (nSPS) is 14.2. The van der Waals surface area contributed by atoms with Gasteiger partial charge in [-0.25, -0.2) is 4.98 Å². The van der Waals surface area contributed by atoms with Gasteiger partial charge >= 0.3 is 0 Å². The van der Waals surface area contributed by atoms with Crippen molar-refractivity contribution in [2.75, 3.05) is 12.4 Å². The van der Waals surface area contributed by atoms with Crippen molar-refractivity contribution in [1.29, 1.82) is 0 Å². The molecule has 6 nitrogen and oxygen atoms in total. The van der Waals surface area contributed by atoms with Crippen LogP contribution in [0.15, 0.2) is 29.0 Å². The highest BCUT2D eigenvalue weighted by Gasteiger charge is 2.26. The van der Waals surface area contributed by atoms with E-state index in [0.717, 1.165) is 34.4 Å². The van der Waals surface area contributed by atoms with Crippen molar-refractivity contribution in [2.45, 2.75) is 18.9 Å². The van der Waals surface area contributed by atoms with E-state index in [1.165, 1.54) is 0 Å². The van der Waals surface area contributed by atoms with Crippen LogP contribution in [0.1, 0.15) is 18.9 Å². The summed E-state index contributed by atoms with van der Waals surface area (Å²) < 4.78 is 8.16. The van der Waals surface area contributed by atoms with E-state index in [-0.39, 0.29) is 5.28 Å². The first-order valence-corrected chi connectivity index (χ1v) is 8.33. The van der Waals surface area contributed by atoms with Crippen LogP contribution in [0.4, 0.5) is 11.5 Å².